The zero-order chi connectivity index (χ0) is 13.9. The number of benzene rings is 1. The van der Waals surface area contributed by atoms with Crippen molar-refractivity contribution in [1.82, 2.24) is 9.97 Å². The first-order chi connectivity index (χ1) is 9.74. The van der Waals surface area contributed by atoms with Crippen LogP contribution in [-0.2, 0) is 6.54 Å². The van der Waals surface area contributed by atoms with Crippen molar-refractivity contribution in [1.29, 1.82) is 0 Å². The Labute approximate surface area is 118 Å². The maximum absolute atomic E-state index is 14.1. The maximum atomic E-state index is 14.1. The smallest absolute Gasteiger partial charge is 0.148 e. The summed E-state index contributed by atoms with van der Waals surface area (Å²) in [4.78, 5) is 9.35. The van der Waals surface area contributed by atoms with E-state index in [1.165, 1.54) is 0 Å². The topological polar surface area (TPSA) is 44.0 Å². The minimum atomic E-state index is -0.157. The van der Waals surface area contributed by atoms with E-state index in [1.54, 1.807) is 12.4 Å². The van der Waals surface area contributed by atoms with Gasteiger partial charge in [0.2, 0.25) is 0 Å². The lowest BCUT2D eigenvalue weighted by Gasteiger charge is -2.19. The zero-order valence-corrected chi connectivity index (χ0v) is 11.6. The van der Waals surface area contributed by atoms with Crippen molar-refractivity contribution < 1.29 is 4.39 Å². The van der Waals surface area contributed by atoms with Crippen LogP contribution in [0.3, 0.4) is 0 Å². The molecule has 2 heterocycles. The number of imidazole rings is 1. The first-order valence-corrected chi connectivity index (χ1v) is 7.01. The van der Waals surface area contributed by atoms with E-state index >= 15 is 0 Å². The second kappa shape index (κ2) is 5.53. The Morgan fingerprint density at radius 2 is 2.15 bits per heavy atom. The van der Waals surface area contributed by atoms with Gasteiger partial charge in [0.1, 0.15) is 5.82 Å². The zero-order valence-electron chi connectivity index (χ0n) is 11.6. The molecule has 0 amide bonds. The molecule has 4 nitrogen and oxygen atoms in total. The average molecular weight is 274 g/mol. The van der Waals surface area contributed by atoms with Crippen LogP contribution in [-0.4, -0.2) is 23.1 Å². The van der Waals surface area contributed by atoms with Crippen LogP contribution in [0.15, 0.2) is 24.5 Å². The molecule has 1 aliphatic heterocycles. The van der Waals surface area contributed by atoms with Gasteiger partial charge in [0, 0.05) is 24.5 Å². The molecule has 20 heavy (non-hydrogen) atoms. The summed E-state index contributed by atoms with van der Waals surface area (Å²) in [5.41, 5.74) is 3.48. The number of anilines is 2. The van der Waals surface area contributed by atoms with Gasteiger partial charge in [-0.3, -0.25) is 0 Å². The molecule has 0 spiro atoms. The van der Waals surface area contributed by atoms with Crippen molar-refractivity contribution in [2.75, 3.05) is 23.3 Å². The molecule has 1 aromatic heterocycles. The van der Waals surface area contributed by atoms with Gasteiger partial charge in [0.25, 0.3) is 0 Å². The van der Waals surface area contributed by atoms with Gasteiger partial charge in [0.05, 0.1) is 24.3 Å². The molecule has 1 aromatic carbocycles. The fourth-order valence-electron chi connectivity index (χ4n) is 2.58. The highest BCUT2D eigenvalue weighted by molar-refractivity contribution is 5.56. The molecule has 0 bridgehead atoms. The van der Waals surface area contributed by atoms with Crippen LogP contribution in [0.2, 0.25) is 0 Å². The van der Waals surface area contributed by atoms with Crippen molar-refractivity contribution in [3.8, 4) is 0 Å². The van der Waals surface area contributed by atoms with Crippen molar-refractivity contribution in [2.45, 2.75) is 26.3 Å². The number of aromatic nitrogens is 2. The molecule has 3 rings (SSSR count). The van der Waals surface area contributed by atoms with Crippen molar-refractivity contribution >= 4 is 11.4 Å². The molecule has 0 unspecified atom stereocenters. The highest BCUT2D eigenvalue weighted by Gasteiger charge is 2.16. The molecule has 1 fully saturated rings. The number of hydrogen-bond donors (Lipinski definition) is 2. The number of nitrogens with zero attached hydrogens (tertiary/aromatic N) is 2. The van der Waals surface area contributed by atoms with Crippen LogP contribution < -0.4 is 10.2 Å². The van der Waals surface area contributed by atoms with Crippen molar-refractivity contribution in [3.05, 3.63) is 41.7 Å². The van der Waals surface area contributed by atoms with E-state index in [0.717, 1.165) is 43.0 Å². The Kier molecular flexibility index (Phi) is 3.58. The van der Waals surface area contributed by atoms with Gasteiger partial charge in [-0.1, -0.05) is 0 Å². The predicted octanol–water partition coefficient (Wildman–Crippen LogP) is 3.07. The van der Waals surface area contributed by atoms with E-state index in [0.29, 0.717) is 12.2 Å². The maximum Gasteiger partial charge on any atom is 0.148 e. The SMILES string of the molecule is Cc1[nH]cnc1CNc1ccc(N2CCCC2)c(F)c1. The van der Waals surface area contributed by atoms with Crippen molar-refractivity contribution in [2.24, 2.45) is 0 Å². The van der Waals surface area contributed by atoms with E-state index in [1.807, 2.05) is 19.1 Å². The van der Waals surface area contributed by atoms with E-state index < -0.39 is 0 Å². The summed E-state index contributed by atoms with van der Waals surface area (Å²) in [6, 6.07) is 5.36. The predicted molar refractivity (Wildman–Crippen MR) is 78.5 cm³/mol. The number of aromatic amines is 1. The fourth-order valence-corrected chi connectivity index (χ4v) is 2.58. The quantitative estimate of drug-likeness (QED) is 0.900. The van der Waals surface area contributed by atoms with E-state index in [9.17, 15) is 4.39 Å². The summed E-state index contributed by atoms with van der Waals surface area (Å²) in [6.07, 6.45) is 3.97. The molecule has 2 aromatic rings. The minimum absolute atomic E-state index is 0.157. The number of rotatable bonds is 4. The first kappa shape index (κ1) is 13.0. The van der Waals surface area contributed by atoms with Gasteiger partial charge < -0.3 is 15.2 Å². The lowest BCUT2D eigenvalue weighted by atomic mass is 10.2. The Morgan fingerprint density at radius 3 is 2.80 bits per heavy atom. The Hall–Kier alpha value is -2.04. The molecule has 0 saturated carbocycles. The lowest BCUT2D eigenvalue weighted by Crippen LogP contribution is -2.19. The molecular formula is C15H19FN4. The van der Waals surface area contributed by atoms with Crippen LogP contribution in [0.5, 0.6) is 0 Å². The summed E-state index contributed by atoms with van der Waals surface area (Å²) < 4.78 is 14.1. The third-order valence-electron chi connectivity index (χ3n) is 3.79. The summed E-state index contributed by atoms with van der Waals surface area (Å²) >= 11 is 0. The monoisotopic (exact) mass is 274 g/mol. The Balaban J connectivity index is 1.69. The summed E-state index contributed by atoms with van der Waals surface area (Å²) in [6.45, 7) is 4.48. The molecule has 106 valence electrons. The normalized spacial score (nSPS) is 14.8. The molecular weight excluding hydrogens is 255 g/mol. The van der Waals surface area contributed by atoms with Gasteiger partial charge >= 0.3 is 0 Å². The van der Waals surface area contributed by atoms with Gasteiger partial charge in [0.15, 0.2) is 0 Å². The number of hydrogen-bond acceptors (Lipinski definition) is 3. The number of halogens is 1. The number of H-pyrrole nitrogens is 1. The summed E-state index contributed by atoms with van der Waals surface area (Å²) in [5.74, 6) is -0.157. The number of nitrogens with one attached hydrogen (secondary N) is 2. The third-order valence-corrected chi connectivity index (χ3v) is 3.79. The second-order valence-corrected chi connectivity index (χ2v) is 5.19. The molecule has 1 aliphatic rings. The van der Waals surface area contributed by atoms with Gasteiger partial charge in [-0.15, -0.1) is 0 Å². The van der Waals surface area contributed by atoms with E-state index in [4.69, 9.17) is 0 Å². The van der Waals surface area contributed by atoms with Crippen LogP contribution in [0.25, 0.3) is 0 Å². The Bertz CT molecular complexity index is 587. The molecule has 0 atom stereocenters. The molecule has 0 radical (unpaired) electrons. The van der Waals surface area contributed by atoms with Gasteiger partial charge in [-0.2, -0.15) is 0 Å². The molecule has 5 heteroatoms. The van der Waals surface area contributed by atoms with Gasteiger partial charge in [-0.05, 0) is 38.0 Å². The standard InChI is InChI=1S/C15H19FN4/c1-11-14(19-10-18-11)9-17-12-4-5-15(13(16)8-12)20-6-2-3-7-20/h4-5,8,10,17H,2-3,6-7,9H2,1H3,(H,18,19). The molecule has 2 N–H and O–H groups in total. The molecule has 1 saturated heterocycles. The van der Waals surface area contributed by atoms with E-state index in [-0.39, 0.29) is 5.82 Å². The minimum Gasteiger partial charge on any atom is -0.379 e. The number of aryl methyl sites for hydroxylation is 1. The molecule has 0 aliphatic carbocycles. The Morgan fingerprint density at radius 1 is 1.35 bits per heavy atom. The highest BCUT2D eigenvalue weighted by Crippen LogP contribution is 2.26. The highest BCUT2D eigenvalue weighted by atomic mass is 19.1. The lowest BCUT2D eigenvalue weighted by molar-refractivity contribution is 0.623. The van der Waals surface area contributed by atoms with Crippen molar-refractivity contribution in [3.63, 3.8) is 0 Å². The fraction of sp³-hybridized carbons (Fsp3) is 0.400. The first-order valence-electron chi connectivity index (χ1n) is 7.01. The van der Waals surface area contributed by atoms with Crippen LogP contribution in [0, 0.1) is 12.7 Å². The average Bonchev–Trinajstić information content (AvgIpc) is 3.08. The summed E-state index contributed by atoms with van der Waals surface area (Å²) in [5, 5.41) is 3.21. The van der Waals surface area contributed by atoms with Gasteiger partial charge in [-0.25, -0.2) is 9.37 Å². The van der Waals surface area contributed by atoms with Crippen LogP contribution >= 0.6 is 0 Å². The largest absolute Gasteiger partial charge is 0.379 e. The second-order valence-electron chi connectivity index (χ2n) is 5.19. The van der Waals surface area contributed by atoms with Crippen LogP contribution in [0.1, 0.15) is 24.2 Å². The summed E-state index contributed by atoms with van der Waals surface area (Å²) in [7, 11) is 0. The van der Waals surface area contributed by atoms with E-state index in [2.05, 4.69) is 20.2 Å². The van der Waals surface area contributed by atoms with Crippen LogP contribution in [0.4, 0.5) is 15.8 Å². The third kappa shape index (κ3) is 2.61.